The van der Waals surface area contributed by atoms with E-state index in [9.17, 15) is 0 Å². The van der Waals surface area contributed by atoms with Crippen LogP contribution in [0.25, 0.3) is 0 Å². The maximum Gasteiger partial charge on any atom is 0.0289 e. The number of rotatable bonds is 5. The minimum atomic E-state index is 0.407. The third-order valence-electron chi connectivity index (χ3n) is 3.11. The molecule has 0 aliphatic carbocycles. The summed E-state index contributed by atoms with van der Waals surface area (Å²) in [7, 11) is 1.99. The first-order chi connectivity index (χ1) is 9.19. The van der Waals surface area contributed by atoms with Crippen LogP contribution in [0, 0.1) is 0 Å². The fraction of sp³-hybridized carbons (Fsp3) is 0.250. The van der Waals surface area contributed by atoms with Crippen LogP contribution in [0.4, 0.5) is 0 Å². The summed E-state index contributed by atoms with van der Waals surface area (Å²) < 4.78 is 1.14. The maximum atomic E-state index is 3.51. The van der Waals surface area contributed by atoms with E-state index in [1.807, 2.05) is 18.8 Å². The lowest BCUT2D eigenvalue weighted by molar-refractivity contribution is 0.652. The first-order valence-electron chi connectivity index (χ1n) is 6.33. The summed E-state index contributed by atoms with van der Waals surface area (Å²) in [5.74, 6) is 1.00. The Balaban J connectivity index is 1.96. The van der Waals surface area contributed by atoms with E-state index in [0.717, 1.165) is 10.2 Å². The molecular weight excluding hydrogens is 318 g/mol. The zero-order valence-electron chi connectivity index (χ0n) is 11.2. The van der Waals surface area contributed by atoms with Crippen molar-refractivity contribution >= 4 is 27.7 Å². The van der Waals surface area contributed by atoms with Crippen LogP contribution >= 0.6 is 27.7 Å². The predicted octanol–water partition coefficient (Wildman–Crippen LogP) is 5.02. The molecule has 0 spiro atoms. The zero-order valence-corrected chi connectivity index (χ0v) is 13.6. The van der Waals surface area contributed by atoms with Crippen molar-refractivity contribution in [1.29, 1.82) is 0 Å². The van der Waals surface area contributed by atoms with Gasteiger partial charge in [0.2, 0.25) is 0 Å². The fourth-order valence-electron chi connectivity index (χ4n) is 1.81. The van der Waals surface area contributed by atoms with Crippen LogP contribution in [0.2, 0.25) is 0 Å². The third-order valence-corrected chi connectivity index (χ3v) is 4.68. The van der Waals surface area contributed by atoms with E-state index in [2.05, 4.69) is 76.7 Å². The third kappa shape index (κ3) is 4.37. The minimum Gasteiger partial charge on any atom is -0.313 e. The van der Waals surface area contributed by atoms with Gasteiger partial charge in [0.25, 0.3) is 0 Å². The van der Waals surface area contributed by atoms with Gasteiger partial charge in [-0.05, 0) is 49.4 Å². The van der Waals surface area contributed by atoms with Crippen molar-refractivity contribution in [3.05, 3.63) is 64.1 Å². The van der Waals surface area contributed by atoms with Crippen LogP contribution < -0.4 is 5.32 Å². The lowest BCUT2D eigenvalue weighted by Crippen LogP contribution is -2.11. The number of benzene rings is 2. The van der Waals surface area contributed by atoms with Gasteiger partial charge in [0.1, 0.15) is 0 Å². The average Bonchev–Trinajstić information content (AvgIpc) is 2.45. The van der Waals surface area contributed by atoms with Gasteiger partial charge < -0.3 is 5.32 Å². The van der Waals surface area contributed by atoms with Crippen LogP contribution in [-0.2, 0) is 5.75 Å². The molecule has 0 aliphatic rings. The molecule has 1 N–H and O–H groups in total. The molecule has 0 saturated heterocycles. The fourth-order valence-corrected chi connectivity index (χ4v) is 3.10. The molecule has 0 saturated carbocycles. The molecule has 100 valence electrons. The number of thioether (sulfide) groups is 1. The summed E-state index contributed by atoms with van der Waals surface area (Å²) in [5, 5.41) is 3.25. The quantitative estimate of drug-likeness (QED) is 0.769. The molecule has 2 aromatic carbocycles. The van der Waals surface area contributed by atoms with Crippen molar-refractivity contribution in [1.82, 2.24) is 5.32 Å². The monoisotopic (exact) mass is 335 g/mol. The van der Waals surface area contributed by atoms with E-state index in [-0.39, 0.29) is 0 Å². The molecule has 0 amide bonds. The Bertz CT molecular complexity index is 525. The highest BCUT2D eigenvalue weighted by molar-refractivity contribution is 9.10. The molecule has 19 heavy (non-hydrogen) atoms. The van der Waals surface area contributed by atoms with Crippen molar-refractivity contribution in [3.8, 4) is 0 Å². The Kier molecular flexibility index (Phi) is 5.49. The zero-order chi connectivity index (χ0) is 13.7. The Morgan fingerprint density at radius 2 is 1.89 bits per heavy atom. The van der Waals surface area contributed by atoms with Crippen LogP contribution in [0.15, 0.2) is 57.9 Å². The Morgan fingerprint density at radius 3 is 2.53 bits per heavy atom. The minimum absolute atomic E-state index is 0.407. The standard InChI is InChI=1S/C16H18BrNS/c1-12(18-2)14-6-8-16(9-7-14)19-11-13-4-3-5-15(17)10-13/h3-10,12,18H,11H2,1-2H3. The Hall–Kier alpha value is -0.770. The van der Waals surface area contributed by atoms with Gasteiger partial charge >= 0.3 is 0 Å². The maximum absolute atomic E-state index is 3.51. The average molecular weight is 336 g/mol. The van der Waals surface area contributed by atoms with Crippen molar-refractivity contribution < 1.29 is 0 Å². The summed E-state index contributed by atoms with van der Waals surface area (Å²) in [6, 6.07) is 17.7. The highest BCUT2D eigenvalue weighted by Crippen LogP contribution is 2.25. The second kappa shape index (κ2) is 7.13. The highest BCUT2D eigenvalue weighted by atomic mass is 79.9. The van der Waals surface area contributed by atoms with Gasteiger partial charge in [-0.25, -0.2) is 0 Å². The summed E-state index contributed by atoms with van der Waals surface area (Å²) in [5.41, 5.74) is 2.67. The predicted molar refractivity (Wildman–Crippen MR) is 87.6 cm³/mol. The van der Waals surface area contributed by atoms with Crippen LogP contribution in [-0.4, -0.2) is 7.05 Å². The topological polar surface area (TPSA) is 12.0 Å². The molecule has 1 atom stereocenters. The molecule has 0 aromatic heterocycles. The molecule has 0 fully saturated rings. The molecule has 0 radical (unpaired) electrons. The Labute approximate surface area is 127 Å². The van der Waals surface area contributed by atoms with E-state index in [4.69, 9.17) is 0 Å². The van der Waals surface area contributed by atoms with E-state index in [0.29, 0.717) is 6.04 Å². The lowest BCUT2D eigenvalue weighted by Gasteiger charge is -2.11. The Morgan fingerprint density at radius 1 is 1.16 bits per heavy atom. The molecule has 3 heteroatoms. The molecule has 2 rings (SSSR count). The smallest absolute Gasteiger partial charge is 0.0289 e. The van der Waals surface area contributed by atoms with E-state index >= 15 is 0 Å². The van der Waals surface area contributed by atoms with Gasteiger partial charge in [0, 0.05) is 21.2 Å². The summed E-state index contributed by atoms with van der Waals surface area (Å²) in [4.78, 5) is 1.31. The number of hydrogen-bond donors (Lipinski definition) is 1. The molecule has 0 bridgehead atoms. The number of halogens is 1. The normalized spacial score (nSPS) is 12.4. The first kappa shape index (κ1) is 14.6. The molecule has 1 unspecified atom stereocenters. The highest BCUT2D eigenvalue weighted by Gasteiger charge is 2.02. The van der Waals surface area contributed by atoms with Gasteiger partial charge in [-0.15, -0.1) is 11.8 Å². The summed E-state index contributed by atoms with van der Waals surface area (Å²) in [6.07, 6.45) is 0. The van der Waals surface area contributed by atoms with Gasteiger partial charge in [0.15, 0.2) is 0 Å². The lowest BCUT2D eigenvalue weighted by atomic mass is 10.1. The molecule has 1 nitrogen and oxygen atoms in total. The molecule has 2 aromatic rings. The number of hydrogen-bond acceptors (Lipinski definition) is 2. The number of nitrogens with one attached hydrogen (secondary N) is 1. The van der Waals surface area contributed by atoms with Gasteiger partial charge in [-0.1, -0.05) is 40.2 Å². The van der Waals surface area contributed by atoms with Gasteiger partial charge in [-0.2, -0.15) is 0 Å². The van der Waals surface area contributed by atoms with E-state index in [1.54, 1.807) is 0 Å². The summed E-state index contributed by atoms with van der Waals surface area (Å²) in [6.45, 7) is 2.17. The van der Waals surface area contributed by atoms with Gasteiger partial charge in [-0.3, -0.25) is 0 Å². The van der Waals surface area contributed by atoms with E-state index in [1.165, 1.54) is 16.0 Å². The second-order valence-electron chi connectivity index (χ2n) is 4.50. The first-order valence-corrected chi connectivity index (χ1v) is 8.11. The SMILES string of the molecule is CNC(C)c1ccc(SCc2cccc(Br)c2)cc1. The molecular formula is C16H18BrNS. The van der Waals surface area contributed by atoms with Crippen LogP contribution in [0.3, 0.4) is 0 Å². The van der Waals surface area contributed by atoms with Crippen molar-refractivity contribution in [2.24, 2.45) is 0 Å². The van der Waals surface area contributed by atoms with E-state index < -0.39 is 0 Å². The van der Waals surface area contributed by atoms with Crippen LogP contribution in [0.1, 0.15) is 24.1 Å². The summed E-state index contributed by atoms with van der Waals surface area (Å²) >= 11 is 5.37. The van der Waals surface area contributed by atoms with Crippen LogP contribution in [0.5, 0.6) is 0 Å². The van der Waals surface area contributed by atoms with Crippen molar-refractivity contribution in [3.63, 3.8) is 0 Å². The van der Waals surface area contributed by atoms with Crippen molar-refractivity contribution in [2.75, 3.05) is 7.05 Å². The second-order valence-corrected chi connectivity index (χ2v) is 6.46. The van der Waals surface area contributed by atoms with Crippen molar-refractivity contribution in [2.45, 2.75) is 23.6 Å². The molecule has 0 aliphatic heterocycles. The largest absolute Gasteiger partial charge is 0.313 e. The molecule has 0 heterocycles. The van der Waals surface area contributed by atoms with Gasteiger partial charge in [0.05, 0.1) is 0 Å².